The van der Waals surface area contributed by atoms with E-state index < -0.39 is 0 Å². The molecule has 4 heteroatoms. The number of piperidine rings is 1. The molecule has 1 heterocycles. The van der Waals surface area contributed by atoms with Gasteiger partial charge in [0.05, 0.1) is 0 Å². The summed E-state index contributed by atoms with van der Waals surface area (Å²) in [5, 5.41) is 13.8. The van der Waals surface area contributed by atoms with Crippen LogP contribution in [0.3, 0.4) is 0 Å². The number of phenols is 1. The van der Waals surface area contributed by atoms with Crippen molar-refractivity contribution < 1.29 is 5.11 Å². The summed E-state index contributed by atoms with van der Waals surface area (Å²) in [5.74, 6) is 0.295. The molecule has 1 aliphatic heterocycles. The fraction of sp³-hybridized carbons (Fsp3) is 0.538. The van der Waals surface area contributed by atoms with Crippen LogP contribution in [0.1, 0.15) is 18.4 Å². The maximum Gasteiger partial charge on any atom is 0.121 e. The molecule has 1 atom stereocenters. The zero-order valence-corrected chi connectivity index (χ0v) is 10.9. The van der Waals surface area contributed by atoms with Crippen LogP contribution < -0.4 is 5.32 Å². The van der Waals surface area contributed by atoms with Crippen LogP contribution in [-0.2, 0) is 6.54 Å². The molecule has 1 aromatic rings. The van der Waals surface area contributed by atoms with Crippen LogP contribution in [0.5, 0.6) is 5.75 Å². The third kappa shape index (κ3) is 3.12. The number of aromatic hydroxyl groups is 1. The van der Waals surface area contributed by atoms with Crippen LogP contribution >= 0.6 is 11.6 Å². The summed E-state index contributed by atoms with van der Waals surface area (Å²) in [5.41, 5.74) is 0.839. The highest BCUT2D eigenvalue weighted by Crippen LogP contribution is 2.27. The second-order valence-electron chi connectivity index (χ2n) is 4.60. The van der Waals surface area contributed by atoms with Gasteiger partial charge >= 0.3 is 0 Å². The lowest BCUT2D eigenvalue weighted by Gasteiger charge is -2.32. The van der Waals surface area contributed by atoms with Gasteiger partial charge in [-0.3, -0.25) is 4.90 Å². The topological polar surface area (TPSA) is 35.5 Å². The summed E-state index contributed by atoms with van der Waals surface area (Å²) in [6.07, 6.45) is 2.41. The number of hydrogen-bond donors (Lipinski definition) is 2. The Morgan fingerprint density at radius 3 is 3.06 bits per heavy atom. The predicted molar refractivity (Wildman–Crippen MR) is 70.5 cm³/mol. The molecule has 3 nitrogen and oxygen atoms in total. The van der Waals surface area contributed by atoms with Crippen molar-refractivity contribution in [2.45, 2.75) is 25.4 Å². The van der Waals surface area contributed by atoms with Crippen molar-refractivity contribution in [3.8, 4) is 5.75 Å². The molecule has 1 aliphatic rings. The summed E-state index contributed by atoms with van der Waals surface area (Å²) in [4.78, 5) is 2.34. The van der Waals surface area contributed by atoms with Gasteiger partial charge in [0.1, 0.15) is 5.75 Å². The van der Waals surface area contributed by atoms with E-state index in [9.17, 15) is 5.11 Å². The normalized spacial score (nSPS) is 21.6. The Bertz CT molecular complexity index is 363. The minimum Gasteiger partial charge on any atom is -0.508 e. The minimum atomic E-state index is 0.295. The van der Waals surface area contributed by atoms with Crippen molar-refractivity contribution in [3.63, 3.8) is 0 Å². The van der Waals surface area contributed by atoms with Gasteiger partial charge in [-0.2, -0.15) is 0 Å². The summed E-state index contributed by atoms with van der Waals surface area (Å²) >= 11 is 6.12. The molecule has 0 radical (unpaired) electrons. The van der Waals surface area contributed by atoms with E-state index in [2.05, 4.69) is 10.2 Å². The fourth-order valence-electron chi connectivity index (χ4n) is 2.36. The Balaban J connectivity index is 2.05. The lowest BCUT2D eigenvalue weighted by atomic mass is 10.0. The SMILES string of the molecule is CNC1CCCN(Cc2c(O)cccc2Cl)C1. The first-order valence-electron chi connectivity index (χ1n) is 6.06. The number of benzene rings is 1. The van der Waals surface area contributed by atoms with E-state index in [0.717, 1.165) is 25.2 Å². The van der Waals surface area contributed by atoms with Gasteiger partial charge in [-0.15, -0.1) is 0 Å². The molecule has 1 fully saturated rings. The van der Waals surface area contributed by atoms with Crippen LogP contribution in [-0.4, -0.2) is 36.2 Å². The van der Waals surface area contributed by atoms with Gasteiger partial charge in [-0.1, -0.05) is 17.7 Å². The van der Waals surface area contributed by atoms with E-state index in [1.54, 1.807) is 12.1 Å². The molecule has 0 aromatic heterocycles. The van der Waals surface area contributed by atoms with Crippen molar-refractivity contribution in [2.75, 3.05) is 20.1 Å². The maximum atomic E-state index is 9.82. The van der Waals surface area contributed by atoms with Crippen molar-refractivity contribution in [1.82, 2.24) is 10.2 Å². The third-order valence-corrected chi connectivity index (χ3v) is 3.74. The van der Waals surface area contributed by atoms with E-state index in [1.165, 1.54) is 12.8 Å². The maximum absolute atomic E-state index is 9.82. The predicted octanol–water partition coefficient (Wildman–Crippen LogP) is 2.23. The zero-order chi connectivity index (χ0) is 12.3. The first-order chi connectivity index (χ1) is 8.20. The van der Waals surface area contributed by atoms with E-state index in [1.807, 2.05) is 13.1 Å². The molecule has 0 aliphatic carbocycles. The van der Waals surface area contributed by atoms with E-state index in [0.29, 0.717) is 16.8 Å². The Labute approximate surface area is 107 Å². The van der Waals surface area contributed by atoms with Gasteiger partial charge in [0.2, 0.25) is 0 Å². The highest BCUT2D eigenvalue weighted by atomic mass is 35.5. The molecule has 2 rings (SSSR count). The van der Waals surface area contributed by atoms with Crippen LogP contribution in [0.15, 0.2) is 18.2 Å². The van der Waals surface area contributed by atoms with Gasteiger partial charge in [-0.25, -0.2) is 0 Å². The molecule has 0 bridgehead atoms. The monoisotopic (exact) mass is 254 g/mol. The third-order valence-electron chi connectivity index (χ3n) is 3.39. The molecule has 94 valence electrons. The first-order valence-corrected chi connectivity index (χ1v) is 6.44. The van der Waals surface area contributed by atoms with Crippen LogP contribution in [0.2, 0.25) is 5.02 Å². The summed E-state index contributed by atoms with van der Waals surface area (Å²) in [6.45, 7) is 2.81. The number of likely N-dealkylation sites (N-methyl/N-ethyl adjacent to an activating group) is 1. The second-order valence-corrected chi connectivity index (χ2v) is 5.01. The van der Waals surface area contributed by atoms with Crippen molar-refractivity contribution in [1.29, 1.82) is 0 Å². The van der Waals surface area contributed by atoms with Crippen molar-refractivity contribution >= 4 is 11.6 Å². The summed E-state index contributed by atoms with van der Waals surface area (Å²) in [6, 6.07) is 5.85. The van der Waals surface area contributed by atoms with Crippen LogP contribution in [0, 0.1) is 0 Å². The van der Waals surface area contributed by atoms with Gasteiger partial charge < -0.3 is 10.4 Å². The lowest BCUT2D eigenvalue weighted by molar-refractivity contribution is 0.186. The Morgan fingerprint density at radius 2 is 2.35 bits per heavy atom. The Kier molecular flexibility index (Phi) is 4.26. The molecular formula is C13H19ClN2O. The number of phenolic OH excluding ortho intramolecular Hbond substituents is 1. The van der Waals surface area contributed by atoms with E-state index in [-0.39, 0.29) is 0 Å². The largest absolute Gasteiger partial charge is 0.508 e. The van der Waals surface area contributed by atoms with Gasteiger partial charge in [-0.05, 0) is 38.6 Å². The molecule has 1 unspecified atom stereocenters. The second kappa shape index (κ2) is 5.71. The van der Waals surface area contributed by atoms with Gasteiger partial charge in [0.15, 0.2) is 0 Å². The molecule has 2 N–H and O–H groups in total. The first kappa shape index (κ1) is 12.7. The Hall–Kier alpha value is -0.770. The average molecular weight is 255 g/mol. The molecule has 1 aromatic carbocycles. The van der Waals surface area contributed by atoms with Crippen LogP contribution in [0.25, 0.3) is 0 Å². The molecule has 17 heavy (non-hydrogen) atoms. The smallest absolute Gasteiger partial charge is 0.121 e. The van der Waals surface area contributed by atoms with Crippen LogP contribution in [0.4, 0.5) is 0 Å². The fourth-order valence-corrected chi connectivity index (χ4v) is 2.59. The molecule has 0 spiro atoms. The number of rotatable bonds is 3. The number of nitrogens with zero attached hydrogens (tertiary/aromatic N) is 1. The molecule has 1 saturated heterocycles. The average Bonchev–Trinajstić information content (AvgIpc) is 2.34. The number of hydrogen-bond acceptors (Lipinski definition) is 3. The number of nitrogens with one attached hydrogen (secondary N) is 1. The molecule has 0 saturated carbocycles. The number of halogens is 1. The lowest BCUT2D eigenvalue weighted by Crippen LogP contribution is -2.43. The van der Waals surface area contributed by atoms with Crippen molar-refractivity contribution in [2.24, 2.45) is 0 Å². The van der Waals surface area contributed by atoms with Gasteiger partial charge in [0, 0.05) is 29.7 Å². The number of likely N-dealkylation sites (tertiary alicyclic amines) is 1. The molecule has 0 amide bonds. The minimum absolute atomic E-state index is 0.295. The summed E-state index contributed by atoms with van der Waals surface area (Å²) in [7, 11) is 2.00. The van der Waals surface area contributed by atoms with E-state index in [4.69, 9.17) is 11.6 Å². The standard InChI is InChI=1S/C13H19ClN2O/c1-15-10-4-3-7-16(8-10)9-11-12(14)5-2-6-13(11)17/h2,5-6,10,15,17H,3-4,7-9H2,1H3. The highest BCUT2D eigenvalue weighted by molar-refractivity contribution is 6.31. The zero-order valence-electron chi connectivity index (χ0n) is 10.1. The molecular weight excluding hydrogens is 236 g/mol. The highest BCUT2D eigenvalue weighted by Gasteiger charge is 2.20. The van der Waals surface area contributed by atoms with Crippen molar-refractivity contribution in [3.05, 3.63) is 28.8 Å². The quantitative estimate of drug-likeness (QED) is 0.868. The van der Waals surface area contributed by atoms with Gasteiger partial charge in [0.25, 0.3) is 0 Å². The van der Waals surface area contributed by atoms with E-state index >= 15 is 0 Å². The summed E-state index contributed by atoms with van der Waals surface area (Å²) < 4.78 is 0. The Morgan fingerprint density at radius 1 is 1.53 bits per heavy atom.